The number of benzene rings is 2. The molecule has 1 spiro atoms. The molecule has 4 heterocycles. The van der Waals surface area contributed by atoms with Gasteiger partial charge < -0.3 is 19.8 Å². The summed E-state index contributed by atoms with van der Waals surface area (Å²) in [7, 11) is 0. The number of aromatic nitrogens is 3. The lowest BCUT2D eigenvalue weighted by Crippen LogP contribution is -2.57. The van der Waals surface area contributed by atoms with Crippen molar-refractivity contribution in [1.82, 2.24) is 29.7 Å². The molecule has 2 aromatic carbocycles. The van der Waals surface area contributed by atoms with Crippen molar-refractivity contribution >= 4 is 40.5 Å². The summed E-state index contributed by atoms with van der Waals surface area (Å²) in [5.74, 6) is -1.50. The van der Waals surface area contributed by atoms with Crippen molar-refractivity contribution in [3.8, 4) is 0 Å². The fourth-order valence-corrected chi connectivity index (χ4v) is 10.3. The second kappa shape index (κ2) is 13.4. The highest BCUT2D eigenvalue weighted by molar-refractivity contribution is 8.02. The van der Waals surface area contributed by atoms with Crippen molar-refractivity contribution < 1.29 is 19.5 Å². The van der Waals surface area contributed by atoms with Gasteiger partial charge in [0.1, 0.15) is 18.2 Å². The van der Waals surface area contributed by atoms with Crippen molar-refractivity contribution in [2.75, 3.05) is 26.2 Å². The maximum Gasteiger partial charge on any atom is 0.248 e. The van der Waals surface area contributed by atoms with Gasteiger partial charge in [-0.25, -0.2) is 4.68 Å². The zero-order valence-corrected chi connectivity index (χ0v) is 27.1. The van der Waals surface area contributed by atoms with Crippen LogP contribution in [-0.4, -0.2) is 94.8 Å². The summed E-state index contributed by atoms with van der Waals surface area (Å²) >= 11 is 1.67. The first-order chi connectivity index (χ1) is 22.3. The number of unbranched alkanes of at least 4 members (excludes halogenated alkanes) is 1. The molecule has 242 valence electrons. The summed E-state index contributed by atoms with van der Waals surface area (Å²) in [5, 5.41) is 18.1. The molecule has 6 atom stereocenters. The number of aliphatic hydroxyl groups is 1. The van der Waals surface area contributed by atoms with Gasteiger partial charge in [-0.3, -0.25) is 14.4 Å². The number of nitrogens with zero attached hydrogens (tertiary/aromatic N) is 6. The van der Waals surface area contributed by atoms with Gasteiger partial charge in [0.05, 0.1) is 22.1 Å². The summed E-state index contributed by atoms with van der Waals surface area (Å²) in [5.41, 5.74) is 2.54. The van der Waals surface area contributed by atoms with Gasteiger partial charge in [-0.15, -0.1) is 30.0 Å². The Balaban J connectivity index is 1.36. The van der Waals surface area contributed by atoms with E-state index >= 15 is 0 Å². The van der Waals surface area contributed by atoms with E-state index in [-0.39, 0.29) is 48.7 Å². The summed E-state index contributed by atoms with van der Waals surface area (Å²) < 4.78 is 0.944. The van der Waals surface area contributed by atoms with Crippen LogP contribution < -0.4 is 0 Å². The van der Waals surface area contributed by atoms with Gasteiger partial charge in [-0.05, 0) is 42.9 Å². The molecule has 3 aliphatic rings. The standard InChI is InChI=1S/C35H42N6O4S/c1-4-17-38(22-25-13-7-6-8-14-25)32(43)29-28-21-24(3)35(46-28)30(29)33(44)40(19-11-12-20-42)31(35)34(45)39(18-5-2)23-41-27-16-10-9-15-26(27)36-37-41/h4-10,13-16,24,28-31,42H,1-2,11-12,17-23H2,3H3/t24?,28-,29+,30+,31?,35?/m1/s1. The van der Waals surface area contributed by atoms with E-state index < -0.39 is 22.6 Å². The molecule has 0 saturated carbocycles. The van der Waals surface area contributed by atoms with Gasteiger partial charge in [-0.1, -0.05) is 66.8 Å². The molecule has 11 heteroatoms. The van der Waals surface area contributed by atoms with Crippen LogP contribution in [-0.2, 0) is 27.6 Å². The number of amides is 3. The molecule has 3 fully saturated rings. The average Bonchev–Trinajstić information content (AvgIpc) is 3.78. The number of fused-ring (bicyclic) bond motifs is 2. The average molecular weight is 643 g/mol. The normalized spacial score (nSPS) is 26.3. The van der Waals surface area contributed by atoms with E-state index in [2.05, 4.69) is 30.4 Å². The zero-order valence-electron chi connectivity index (χ0n) is 26.3. The molecule has 3 saturated heterocycles. The minimum absolute atomic E-state index is 0.00150. The lowest BCUT2D eigenvalue weighted by atomic mass is 9.65. The molecule has 3 unspecified atom stereocenters. The van der Waals surface area contributed by atoms with Crippen LogP contribution >= 0.6 is 11.8 Å². The predicted molar refractivity (Wildman–Crippen MR) is 178 cm³/mol. The van der Waals surface area contributed by atoms with E-state index in [1.807, 2.05) is 54.6 Å². The Bertz CT molecular complexity index is 1610. The van der Waals surface area contributed by atoms with Crippen molar-refractivity contribution in [1.29, 1.82) is 0 Å². The lowest BCUT2D eigenvalue weighted by molar-refractivity contribution is -0.145. The van der Waals surface area contributed by atoms with Crippen LogP contribution in [0.3, 0.4) is 0 Å². The second-order valence-corrected chi connectivity index (χ2v) is 14.1. The SMILES string of the molecule is C=CCN(Cn1nnc2ccccc21)C(=O)C1N(CCCCO)C(=O)[C@@H]2[C@@H](C(=O)N(CC=C)Cc3ccccc3)[C@H]3CC(C)C12S3. The molecule has 3 amide bonds. The van der Waals surface area contributed by atoms with E-state index in [4.69, 9.17) is 0 Å². The van der Waals surface area contributed by atoms with E-state index in [9.17, 15) is 19.5 Å². The maximum atomic E-state index is 14.9. The van der Waals surface area contributed by atoms with E-state index in [0.717, 1.165) is 23.0 Å². The van der Waals surface area contributed by atoms with E-state index in [1.165, 1.54) is 0 Å². The van der Waals surface area contributed by atoms with Crippen molar-refractivity contribution in [2.24, 2.45) is 17.8 Å². The van der Waals surface area contributed by atoms with Crippen molar-refractivity contribution in [3.63, 3.8) is 0 Å². The molecule has 10 nitrogen and oxygen atoms in total. The maximum absolute atomic E-state index is 14.9. The first-order valence-electron chi connectivity index (χ1n) is 16.1. The number of thioether (sulfide) groups is 1. The second-order valence-electron chi connectivity index (χ2n) is 12.6. The van der Waals surface area contributed by atoms with Gasteiger partial charge in [0.25, 0.3) is 0 Å². The number of hydrogen-bond donors (Lipinski definition) is 1. The number of hydrogen-bond acceptors (Lipinski definition) is 7. The Kier molecular flexibility index (Phi) is 9.33. The van der Waals surface area contributed by atoms with Gasteiger partial charge in [0.2, 0.25) is 17.7 Å². The molecule has 3 aromatic rings. The molecular weight excluding hydrogens is 600 g/mol. The Hall–Kier alpha value is -3.96. The molecule has 0 radical (unpaired) electrons. The number of carbonyl (C=O) groups is 3. The number of aliphatic hydroxyl groups excluding tert-OH is 1. The highest BCUT2D eigenvalue weighted by atomic mass is 32.2. The summed E-state index contributed by atoms with van der Waals surface area (Å²) in [4.78, 5) is 49.1. The first-order valence-corrected chi connectivity index (χ1v) is 16.9. The van der Waals surface area contributed by atoms with Gasteiger partial charge in [0, 0.05) is 38.0 Å². The smallest absolute Gasteiger partial charge is 0.248 e. The van der Waals surface area contributed by atoms with E-state index in [0.29, 0.717) is 32.5 Å². The third-order valence-electron chi connectivity index (χ3n) is 9.84. The molecular formula is C35H42N6O4S. The number of carbonyl (C=O) groups excluding carboxylic acids is 3. The topological polar surface area (TPSA) is 112 Å². The van der Waals surface area contributed by atoms with Crippen molar-refractivity contribution in [2.45, 2.75) is 55.4 Å². The Morgan fingerprint density at radius 3 is 2.50 bits per heavy atom. The Morgan fingerprint density at radius 2 is 1.76 bits per heavy atom. The first kappa shape index (κ1) is 32.0. The molecule has 46 heavy (non-hydrogen) atoms. The van der Waals surface area contributed by atoms with Crippen LogP contribution in [0, 0.1) is 17.8 Å². The van der Waals surface area contributed by atoms with Crippen LogP contribution in [0.5, 0.6) is 0 Å². The molecule has 1 aromatic heterocycles. The molecule has 2 bridgehead atoms. The highest BCUT2D eigenvalue weighted by Crippen LogP contribution is 2.69. The molecule has 3 aliphatic heterocycles. The monoisotopic (exact) mass is 642 g/mol. The molecule has 0 aliphatic carbocycles. The summed E-state index contributed by atoms with van der Waals surface area (Å²) in [6.07, 6.45) is 5.24. The fraction of sp³-hybridized carbons (Fsp3) is 0.457. The number of para-hydroxylation sites is 1. The number of rotatable bonds is 14. The Labute approximate surface area is 274 Å². The third-order valence-corrected chi connectivity index (χ3v) is 11.9. The minimum Gasteiger partial charge on any atom is -0.396 e. The van der Waals surface area contributed by atoms with Crippen LogP contribution in [0.15, 0.2) is 79.9 Å². The van der Waals surface area contributed by atoms with Gasteiger partial charge >= 0.3 is 0 Å². The molecule has 1 N–H and O–H groups in total. The van der Waals surface area contributed by atoms with Crippen LogP contribution in [0.4, 0.5) is 0 Å². The molecule has 6 rings (SSSR count). The van der Waals surface area contributed by atoms with Gasteiger partial charge in [0.15, 0.2) is 0 Å². The summed E-state index contributed by atoms with van der Waals surface area (Å²) in [6.45, 7) is 11.5. The minimum atomic E-state index is -0.761. The lowest BCUT2D eigenvalue weighted by Gasteiger charge is -2.41. The largest absolute Gasteiger partial charge is 0.396 e. The predicted octanol–water partition coefficient (Wildman–Crippen LogP) is 3.73. The van der Waals surface area contributed by atoms with Crippen LogP contribution in [0.1, 0.15) is 31.7 Å². The van der Waals surface area contributed by atoms with Gasteiger partial charge in [-0.2, -0.15) is 0 Å². The van der Waals surface area contributed by atoms with Crippen LogP contribution in [0.2, 0.25) is 0 Å². The highest BCUT2D eigenvalue weighted by Gasteiger charge is 2.76. The Morgan fingerprint density at radius 1 is 1.04 bits per heavy atom. The van der Waals surface area contributed by atoms with Crippen molar-refractivity contribution in [3.05, 3.63) is 85.5 Å². The summed E-state index contributed by atoms with van der Waals surface area (Å²) in [6, 6.07) is 16.7. The van der Waals surface area contributed by atoms with Crippen LogP contribution in [0.25, 0.3) is 11.0 Å². The third kappa shape index (κ3) is 5.43. The fourth-order valence-electron chi connectivity index (χ4n) is 7.85. The quantitative estimate of drug-likeness (QED) is 0.211. The number of likely N-dealkylation sites (tertiary alicyclic amines) is 1. The van der Waals surface area contributed by atoms with E-state index in [1.54, 1.807) is 43.3 Å². The zero-order chi connectivity index (χ0) is 32.4.